The molecule has 42 heavy (non-hydrogen) atoms. The molecular formula is C38H18S2Se2. The normalized spacial score (nSPS) is 12.8. The second-order valence-electron chi connectivity index (χ2n) is 11.5. The van der Waals surface area contributed by atoms with Crippen LogP contribution < -0.4 is 0 Å². The zero-order valence-corrected chi connectivity index (χ0v) is 27.1. The fraction of sp³-hybridized carbons (Fsp3) is 0. The zero-order chi connectivity index (χ0) is 27.1. The molecule has 0 bridgehead atoms. The molecular weight excluding hydrogens is 678 g/mol. The van der Waals surface area contributed by atoms with Crippen LogP contribution in [0.4, 0.5) is 0 Å². The summed E-state index contributed by atoms with van der Waals surface area (Å²) >= 11 is 4.82. The second-order valence-corrected chi connectivity index (χ2v) is 17.6. The third-order valence-corrected chi connectivity index (χ3v) is 15.0. The quantitative estimate of drug-likeness (QED) is 0.109. The molecule has 0 aliphatic carbocycles. The van der Waals surface area contributed by atoms with E-state index in [1.807, 2.05) is 22.7 Å². The third kappa shape index (κ3) is 3.18. The van der Waals surface area contributed by atoms with Crippen LogP contribution in [0, 0.1) is 0 Å². The fourth-order valence-corrected chi connectivity index (χ4v) is 12.7. The second kappa shape index (κ2) is 8.13. The molecule has 0 N–H and O–H groups in total. The van der Waals surface area contributed by atoms with Gasteiger partial charge >= 0.3 is 261 Å². The van der Waals surface area contributed by atoms with E-state index >= 15 is 0 Å². The standard InChI is InChI=1S/C38H18S2Se2/c1-3-41-37-15-27-9-23-11-29-31-17-36-32(18-35(31)39-33(29)13-25(23)7-21(27)5-19(1)37)30-12-24-10-28-16-38-20(2-4-42-38)6-22(28)8-26(24)14-34(30)40-36/h1-18H. The van der Waals surface area contributed by atoms with Crippen LogP contribution in [0.25, 0.3) is 103 Å². The molecule has 0 aliphatic rings. The van der Waals surface area contributed by atoms with Crippen molar-refractivity contribution >= 4 is 154 Å². The van der Waals surface area contributed by atoms with Gasteiger partial charge in [0.2, 0.25) is 0 Å². The minimum atomic E-state index is 0.471. The van der Waals surface area contributed by atoms with Gasteiger partial charge in [-0.1, -0.05) is 0 Å². The van der Waals surface area contributed by atoms with E-state index in [1.165, 1.54) is 103 Å². The van der Waals surface area contributed by atoms with E-state index in [4.69, 9.17) is 0 Å². The van der Waals surface area contributed by atoms with Crippen molar-refractivity contribution in [3.05, 3.63) is 107 Å². The molecule has 0 fully saturated rings. The molecule has 0 spiro atoms. The Balaban J connectivity index is 1.15. The van der Waals surface area contributed by atoms with Crippen molar-refractivity contribution in [1.82, 2.24) is 0 Å². The Morgan fingerprint density at radius 3 is 1.12 bits per heavy atom. The summed E-state index contributed by atoms with van der Waals surface area (Å²) in [7, 11) is 0. The number of hydrogen-bond acceptors (Lipinski definition) is 2. The van der Waals surface area contributed by atoms with Crippen molar-refractivity contribution in [3.8, 4) is 0 Å². The van der Waals surface area contributed by atoms with Crippen LogP contribution in [-0.4, -0.2) is 29.0 Å². The van der Waals surface area contributed by atoms with Crippen molar-refractivity contribution in [2.45, 2.75) is 0 Å². The Bertz CT molecular complexity index is 2760. The summed E-state index contributed by atoms with van der Waals surface area (Å²) in [6.07, 6.45) is 0. The van der Waals surface area contributed by atoms with Crippen LogP contribution in [0.2, 0.25) is 0 Å². The maximum absolute atomic E-state index is 2.46. The molecule has 0 saturated carbocycles. The van der Waals surface area contributed by atoms with Crippen LogP contribution in [0.3, 0.4) is 0 Å². The third-order valence-electron chi connectivity index (χ3n) is 9.03. The summed E-state index contributed by atoms with van der Waals surface area (Å²) in [5, 5.41) is 19.1. The molecule has 4 heteroatoms. The topological polar surface area (TPSA) is 0 Å². The van der Waals surface area contributed by atoms with Gasteiger partial charge in [0.05, 0.1) is 0 Å². The van der Waals surface area contributed by atoms with E-state index in [0.29, 0.717) is 29.0 Å². The number of thiophene rings is 2. The molecule has 11 aromatic rings. The van der Waals surface area contributed by atoms with Crippen LogP contribution in [0.1, 0.15) is 0 Å². The van der Waals surface area contributed by atoms with E-state index in [0.717, 1.165) is 0 Å². The van der Waals surface area contributed by atoms with E-state index in [1.54, 1.807) is 0 Å². The Labute approximate surface area is 259 Å². The van der Waals surface area contributed by atoms with Gasteiger partial charge in [0.15, 0.2) is 0 Å². The summed E-state index contributed by atoms with van der Waals surface area (Å²) in [4.78, 5) is 4.67. The van der Waals surface area contributed by atoms with Crippen molar-refractivity contribution < 1.29 is 0 Å². The Hall–Kier alpha value is -3.46. The molecule has 11 rings (SSSR count). The SMILES string of the molecule is c1cc2cc3cc4cc5sc6cc7c(cc6c5cc4cc3cc2[se]1)sc1cc2cc3cc4cc[se]c4cc3cc2cc17. The molecule has 0 saturated heterocycles. The van der Waals surface area contributed by atoms with Crippen LogP contribution in [0.15, 0.2) is 107 Å². The van der Waals surface area contributed by atoms with Crippen molar-refractivity contribution in [3.63, 3.8) is 0 Å². The first kappa shape index (κ1) is 23.1. The first-order valence-corrected chi connectivity index (χ1v) is 19.3. The van der Waals surface area contributed by atoms with Gasteiger partial charge in [-0.15, -0.1) is 0 Å². The molecule has 0 amide bonds. The van der Waals surface area contributed by atoms with Gasteiger partial charge in [0.25, 0.3) is 0 Å². The van der Waals surface area contributed by atoms with Gasteiger partial charge in [-0.3, -0.25) is 0 Å². The molecule has 0 nitrogen and oxygen atoms in total. The number of hydrogen-bond donors (Lipinski definition) is 0. The fourth-order valence-electron chi connectivity index (χ4n) is 6.96. The summed E-state index contributed by atoms with van der Waals surface area (Å²) < 4.78 is 8.53. The molecule has 0 unspecified atom stereocenters. The first-order valence-electron chi connectivity index (χ1n) is 14.0. The maximum atomic E-state index is 2.46. The van der Waals surface area contributed by atoms with E-state index in [2.05, 4.69) is 107 Å². The zero-order valence-electron chi connectivity index (χ0n) is 22.0. The molecule has 4 heterocycles. The predicted octanol–water partition coefficient (Wildman–Crippen LogP) is 11.5. The average Bonchev–Trinajstić information content (AvgIpc) is 3.78. The van der Waals surface area contributed by atoms with Crippen LogP contribution in [-0.2, 0) is 0 Å². The summed E-state index contributed by atoms with van der Waals surface area (Å²) in [6, 6.07) is 38.4. The van der Waals surface area contributed by atoms with Crippen molar-refractivity contribution in [1.29, 1.82) is 0 Å². The van der Waals surface area contributed by atoms with Crippen molar-refractivity contribution in [2.24, 2.45) is 0 Å². The Morgan fingerprint density at radius 1 is 0.310 bits per heavy atom. The van der Waals surface area contributed by atoms with Gasteiger partial charge in [0, 0.05) is 0 Å². The van der Waals surface area contributed by atoms with E-state index < -0.39 is 0 Å². The van der Waals surface area contributed by atoms with Crippen LogP contribution >= 0.6 is 22.7 Å². The molecule has 7 aromatic carbocycles. The van der Waals surface area contributed by atoms with Gasteiger partial charge in [-0.2, -0.15) is 0 Å². The summed E-state index contributed by atoms with van der Waals surface area (Å²) in [6.45, 7) is 0. The van der Waals surface area contributed by atoms with Gasteiger partial charge in [-0.25, -0.2) is 0 Å². The minimum absolute atomic E-state index is 0.471. The van der Waals surface area contributed by atoms with Crippen molar-refractivity contribution in [2.75, 3.05) is 0 Å². The molecule has 0 aliphatic heterocycles. The van der Waals surface area contributed by atoms with Gasteiger partial charge < -0.3 is 0 Å². The molecule has 194 valence electrons. The van der Waals surface area contributed by atoms with Crippen LogP contribution in [0.5, 0.6) is 0 Å². The number of rotatable bonds is 0. The molecule has 4 aromatic heterocycles. The molecule has 0 atom stereocenters. The first-order chi connectivity index (χ1) is 20.7. The monoisotopic (exact) mass is 698 g/mol. The van der Waals surface area contributed by atoms with E-state index in [-0.39, 0.29) is 0 Å². The number of fused-ring (bicyclic) bond motifs is 12. The van der Waals surface area contributed by atoms with Gasteiger partial charge in [-0.05, 0) is 0 Å². The average molecular weight is 697 g/mol. The van der Waals surface area contributed by atoms with E-state index in [9.17, 15) is 0 Å². The summed E-state index contributed by atoms with van der Waals surface area (Å²) in [5.74, 6) is 0. The van der Waals surface area contributed by atoms with Gasteiger partial charge in [0.1, 0.15) is 0 Å². The molecule has 0 radical (unpaired) electrons. The summed E-state index contributed by atoms with van der Waals surface area (Å²) in [5.41, 5.74) is 0. The predicted molar refractivity (Wildman–Crippen MR) is 191 cm³/mol. The Morgan fingerprint density at radius 2 is 0.643 bits per heavy atom. The Kier molecular flexibility index (Phi) is 4.46. The number of benzene rings is 7.